The Morgan fingerprint density at radius 3 is 2.28 bits per heavy atom. The molecule has 88 valence electrons. The Kier molecular flexibility index (Phi) is 2.61. The topological polar surface area (TPSA) is 32.3 Å². The number of aromatic hydroxyl groups is 1. The van der Waals surface area contributed by atoms with Crippen molar-refractivity contribution in [3.63, 3.8) is 0 Å². The fraction of sp³-hybridized carbons (Fsp3) is 0. The van der Waals surface area contributed by atoms with Crippen LogP contribution in [-0.4, -0.2) is 5.11 Å². The Morgan fingerprint density at radius 1 is 0.667 bits per heavy atom. The van der Waals surface area contributed by atoms with Gasteiger partial charge in [0.05, 0.1) is 0 Å². The number of benzene rings is 3. The maximum atomic E-state index is 9.42. The summed E-state index contributed by atoms with van der Waals surface area (Å²) >= 11 is 0. The van der Waals surface area contributed by atoms with E-state index in [1.807, 2.05) is 30.3 Å². The summed E-state index contributed by atoms with van der Waals surface area (Å²) in [6.07, 6.45) is 0. The van der Waals surface area contributed by atoms with Crippen molar-refractivity contribution in [1.29, 1.82) is 0 Å². The van der Waals surface area contributed by atoms with Gasteiger partial charge >= 0.3 is 0 Å². The zero-order chi connectivity index (χ0) is 12.4. The molecule has 0 aliphatic heterocycles. The van der Waals surface area contributed by atoms with Crippen LogP contribution in [0.2, 0.25) is 0 Å². The van der Waals surface area contributed by atoms with Crippen LogP contribution in [0.3, 0.4) is 0 Å². The first kappa shape index (κ1) is 10.7. The molecule has 0 aliphatic rings. The molecule has 0 bridgehead atoms. The maximum absolute atomic E-state index is 9.42. The smallest absolute Gasteiger partial charge is 0.117 e. The third-order valence-electron chi connectivity index (χ3n) is 2.88. The summed E-state index contributed by atoms with van der Waals surface area (Å²) in [7, 11) is 0. The second-order valence-corrected chi connectivity index (χ2v) is 4.24. The molecule has 0 amide bonds. The van der Waals surface area contributed by atoms with E-state index in [9.17, 15) is 5.11 Å². The van der Waals surface area contributed by atoms with Crippen LogP contribution in [0, 0.1) is 0 Å². The van der Waals surface area contributed by atoms with Gasteiger partial charge in [-0.05, 0) is 35.0 Å². The molecular formula is C16H13NO. The largest absolute Gasteiger partial charge is 0.508 e. The molecule has 0 aromatic heterocycles. The number of phenolic OH excluding ortho intramolecular Hbond substituents is 1. The van der Waals surface area contributed by atoms with Gasteiger partial charge in [0.15, 0.2) is 0 Å². The van der Waals surface area contributed by atoms with Crippen molar-refractivity contribution >= 4 is 22.1 Å². The Bertz CT molecular complexity index is 691. The molecule has 0 spiro atoms. The van der Waals surface area contributed by atoms with E-state index in [1.165, 1.54) is 10.8 Å². The van der Waals surface area contributed by atoms with Crippen molar-refractivity contribution in [3.05, 3.63) is 66.7 Å². The van der Waals surface area contributed by atoms with Crippen molar-refractivity contribution in [3.8, 4) is 5.75 Å². The lowest BCUT2D eigenvalue weighted by molar-refractivity contribution is 0.475. The number of fused-ring (bicyclic) bond motifs is 1. The zero-order valence-corrected chi connectivity index (χ0v) is 9.80. The summed E-state index contributed by atoms with van der Waals surface area (Å²) in [6, 6.07) is 21.6. The summed E-state index contributed by atoms with van der Waals surface area (Å²) in [4.78, 5) is 0. The van der Waals surface area contributed by atoms with E-state index in [0.29, 0.717) is 0 Å². The van der Waals surface area contributed by atoms with Gasteiger partial charge < -0.3 is 10.4 Å². The molecule has 18 heavy (non-hydrogen) atoms. The summed E-state index contributed by atoms with van der Waals surface area (Å²) < 4.78 is 0. The minimum atomic E-state index is 0.265. The molecule has 2 nitrogen and oxygen atoms in total. The van der Waals surface area contributed by atoms with Gasteiger partial charge in [-0.25, -0.2) is 0 Å². The summed E-state index contributed by atoms with van der Waals surface area (Å²) in [5.41, 5.74) is 1.89. The summed E-state index contributed by atoms with van der Waals surface area (Å²) in [5, 5.41) is 15.1. The van der Waals surface area contributed by atoms with Crippen LogP contribution in [0.4, 0.5) is 11.4 Å². The van der Waals surface area contributed by atoms with E-state index in [0.717, 1.165) is 11.4 Å². The summed E-state index contributed by atoms with van der Waals surface area (Å²) in [6.45, 7) is 0. The van der Waals surface area contributed by atoms with Crippen LogP contribution in [0.15, 0.2) is 66.7 Å². The fourth-order valence-corrected chi connectivity index (χ4v) is 2.02. The molecule has 0 fully saturated rings. The number of hydrogen-bond acceptors (Lipinski definition) is 2. The van der Waals surface area contributed by atoms with Crippen LogP contribution in [-0.2, 0) is 0 Å². The lowest BCUT2D eigenvalue weighted by Gasteiger charge is -2.08. The molecule has 2 heteroatoms. The van der Waals surface area contributed by atoms with Crippen molar-refractivity contribution in [2.75, 3.05) is 5.32 Å². The average molecular weight is 235 g/mol. The minimum Gasteiger partial charge on any atom is -0.508 e. The third-order valence-corrected chi connectivity index (χ3v) is 2.88. The third kappa shape index (κ3) is 2.13. The predicted octanol–water partition coefficient (Wildman–Crippen LogP) is 4.29. The Balaban J connectivity index is 1.95. The SMILES string of the molecule is Oc1cccc(Nc2ccc3ccccc3c2)c1. The van der Waals surface area contributed by atoms with Crippen LogP contribution in [0.25, 0.3) is 10.8 Å². The van der Waals surface area contributed by atoms with Gasteiger partial charge in [-0.3, -0.25) is 0 Å². The van der Waals surface area contributed by atoms with Crippen LogP contribution < -0.4 is 5.32 Å². The molecule has 3 aromatic carbocycles. The fourth-order valence-electron chi connectivity index (χ4n) is 2.02. The molecule has 0 unspecified atom stereocenters. The van der Waals surface area contributed by atoms with Gasteiger partial charge in [0.25, 0.3) is 0 Å². The molecule has 0 atom stereocenters. The standard InChI is InChI=1S/C16H13NO/c18-16-7-3-6-14(11-16)17-15-9-8-12-4-1-2-5-13(12)10-15/h1-11,17-18H. The lowest BCUT2D eigenvalue weighted by Crippen LogP contribution is -1.89. The molecule has 0 saturated heterocycles. The number of phenols is 1. The molecule has 0 aliphatic carbocycles. The zero-order valence-electron chi connectivity index (χ0n) is 9.80. The molecule has 3 aromatic rings. The van der Waals surface area contributed by atoms with E-state index in [4.69, 9.17) is 0 Å². The van der Waals surface area contributed by atoms with Gasteiger partial charge in [0.1, 0.15) is 5.75 Å². The van der Waals surface area contributed by atoms with Gasteiger partial charge in [-0.2, -0.15) is 0 Å². The van der Waals surface area contributed by atoms with Crippen molar-refractivity contribution in [1.82, 2.24) is 0 Å². The van der Waals surface area contributed by atoms with E-state index in [2.05, 4.69) is 29.6 Å². The normalized spacial score (nSPS) is 10.4. The second-order valence-electron chi connectivity index (χ2n) is 4.24. The maximum Gasteiger partial charge on any atom is 0.117 e. The minimum absolute atomic E-state index is 0.265. The summed E-state index contributed by atoms with van der Waals surface area (Å²) in [5.74, 6) is 0.265. The molecule has 0 heterocycles. The molecule has 2 N–H and O–H groups in total. The number of rotatable bonds is 2. The first-order valence-corrected chi connectivity index (χ1v) is 5.86. The lowest BCUT2D eigenvalue weighted by atomic mass is 10.1. The van der Waals surface area contributed by atoms with Crippen molar-refractivity contribution in [2.45, 2.75) is 0 Å². The highest BCUT2D eigenvalue weighted by Crippen LogP contribution is 2.23. The first-order chi connectivity index (χ1) is 8.81. The average Bonchev–Trinajstić information content (AvgIpc) is 2.39. The quantitative estimate of drug-likeness (QED) is 0.694. The number of hydrogen-bond donors (Lipinski definition) is 2. The van der Waals surface area contributed by atoms with E-state index < -0.39 is 0 Å². The highest BCUT2D eigenvalue weighted by Gasteiger charge is 1.98. The first-order valence-electron chi connectivity index (χ1n) is 5.86. The Hall–Kier alpha value is -2.48. The second kappa shape index (κ2) is 4.41. The van der Waals surface area contributed by atoms with Crippen LogP contribution in [0.1, 0.15) is 0 Å². The molecule has 3 rings (SSSR count). The highest BCUT2D eigenvalue weighted by atomic mass is 16.3. The van der Waals surface area contributed by atoms with Gasteiger partial charge in [-0.1, -0.05) is 36.4 Å². The van der Waals surface area contributed by atoms with Crippen molar-refractivity contribution < 1.29 is 5.11 Å². The van der Waals surface area contributed by atoms with Crippen LogP contribution >= 0.6 is 0 Å². The Labute approximate surface area is 106 Å². The monoisotopic (exact) mass is 235 g/mol. The molecular weight excluding hydrogens is 222 g/mol. The number of nitrogens with one attached hydrogen (secondary N) is 1. The van der Waals surface area contributed by atoms with E-state index in [1.54, 1.807) is 12.1 Å². The molecule has 0 radical (unpaired) electrons. The van der Waals surface area contributed by atoms with Crippen LogP contribution in [0.5, 0.6) is 5.75 Å². The van der Waals surface area contributed by atoms with Crippen molar-refractivity contribution in [2.24, 2.45) is 0 Å². The molecule has 0 saturated carbocycles. The Morgan fingerprint density at radius 2 is 1.44 bits per heavy atom. The van der Waals surface area contributed by atoms with Gasteiger partial charge in [-0.15, -0.1) is 0 Å². The number of anilines is 2. The van der Waals surface area contributed by atoms with E-state index >= 15 is 0 Å². The van der Waals surface area contributed by atoms with E-state index in [-0.39, 0.29) is 5.75 Å². The van der Waals surface area contributed by atoms with Gasteiger partial charge in [0, 0.05) is 17.4 Å². The van der Waals surface area contributed by atoms with Gasteiger partial charge in [0.2, 0.25) is 0 Å². The predicted molar refractivity (Wildman–Crippen MR) is 75.3 cm³/mol. The highest BCUT2D eigenvalue weighted by molar-refractivity contribution is 5.86.